The Hall–Kier alpha value is -0.650. The monoisotopic (exact) mass is 347 g/mol. The quantitative estimate of drug-likeness (QED) is 0.885. The molecule has 0 radical (unpaired) electrons. The van der Waals surface area contributed by atoms with Crippen LogP contribution >= 0.6 is 11.6 Å². The zero-order chi connectivity index (χ0) is 16.3. The molecule has 0 aromatic heterocycles. The van der Waals surface area contributed by atoms with Crippen LogP contribution in [0.1, 0.15) is 38.3 Å². The largest absolute Gasteiger partial charge is 0.309 e. The predicted octanol–water partition coefficient (Wildman–Crippen LogP) is 3.59. The van der Waals surface area contributed by atoms with E-state index < -0.39 is 9.84 Å². The number of hydrogen-bond acceptors (Lipinski definition) is 3. The van der Waals surface area contributed by atoms with Gasteiger partial charge in [0.05, 0.1) is 11.5 Å². The molecule has 3 nitrogen and oxygen atoms in total. The molecule has 1 fully saturated rings. The van der Waals surface area contributed by atoms with Crippen molar-refractivity contribution in [3.63, 3.8) is 0 Å². The fourth-order valence-corrected chi connectivity index (χ4v) is 4.64. The first kappa shape index (κ1) is 17.7. The zero-order valence-corrected chi connectivity index (χ0v) is 14.6. The van der Waals surface area contributed by atoms with Crippen molar-refractivity contribution in [1.29, 1.82) is 0 Å². The van der Waals surface area contributed by atoms with Crippen molar-refractivity contribution in [2.45, 2.75) is 32.7 Å². The Morgan fingerprint density at radius 1 is 1.32 bits per heavy atom. The van der Waals surface area contributed by atoms with Crippen LogP contribution in [0.4, 0.5) is 4.39 Å². The van der Waals surface area contributed by atoms with E-state index in [1.54, 1.807) is 12.1 Å². The maximum atomic E-state index is 14.1. The smallest absolute Gasteiger partial charge is 0.150 e. The lowest BCUT2D eigenvalue weighted by atomic mass is 9.94. The molecule has 1 heterocycles. The van der Waals surface area contributed by atoms with Gasteiger partial charge in [-0.25, -0.2) is 12.8 Å². The van der Waals surface area contributed by atoms with Crippen LogP contribution in [-0.4, -0.2) is 26.5 Å². The lowest BCUT2D eigenvalue weighted by molar-refractivity contribution is 0.347. The van der Waals surface area contributed by atoms with Gasteiger partial charge < -0.3 is 5.32 Å². The molecule has 124 valence electrons. The van der Waals surface area contributed by atoms with Crippen molar-refractivity contribution in [1.82, 2.24) is 5.32 Å². The highest BCUT2D eigenvalue weighted by molar-refractivity contribution is 7.91. The van der Waals surface area contributed by atoms with E-state index in [1.165, 1.54) is 6.07 Å². The summed E-state index contributed by atoms with van der Waals surface area (Å²) in [7, 11) is -2.84. The molecule has 1 N–H and O–H groups in total. The molecule has 0 spiro atoms. The van der Waals surface area contributed by atoms with E-state index in [-0.39, 0.29) is 29.3 Å². The summed E-state index contributed by atoms with van der Waals surface area (Å²) in [5.74, 6) is 0.787. The van der Waals surface area contributed by atoms with Crippen LogP contribution < -0.4 is 5.32 Å². The third-order valence-electron chi connectivity index (χ3n) is 4.26. The predicted molar refractivity (Wildman–Crippen MR) is 88.4 cm³/mol. The average Bonchev–Trinajstić information content (AvgIpc) is 2.42. The summed E-state index contributed by atoms with van der Waals surface area (Å²) in [6, 6.07) is 4.65. The summed E-state index contributed by atoms with van der Waals surface area (Å²) >= 11 is 5.81. The van der Waals surface area contributed by atoms with Crippen molar-refractivity contribution < 1.29 is 12.8 Å². The van der Waals surface area contributed by atoms with E-state index in [2.05, 4.69) is 5.32 Å². The molecule has 1 aliphatic heterocycles. The van der Waals surface area contributed by atoms with E-state index in [0.717, 1.165) is 0 Å². The van der Waals surface area contributed by atoms with Crippen molar-refractivity contribution in [2.24, 2.45) is 11.8 Å². The molecule has 0 saturated carbocycles. The van der Waals surface area contributed by atoms with Gasteiger partial charge >= 0.3 is 0 Å². The number of sulfone groups is 1. The lowest BCUT2D eigenvalue weighted by Gasteiger charge is -2.28. The summed E-state index contributed by atoms with van der Waals surface area (Å²) in [6.45, 7) is 4.79. The van der Waals surface area contributed by atoms with Crippen LogP contribution in [0.25, 0.3) is 0 Å². The molecule has 0 unspecified atom stereocenters. The lowest BCUT2D eigenvalue weighted by Crippen LogP contribution is -2.35. The molecule has 1 aromatic rings. The highest BCUT2D eigenvalue weighted by Crippen LogP contribution is 2.27. The van der Waals surface area contributed by atoms with Crippen LogP contribution in [0.2, 0.25) is 5.02 Å². The van der Waals surface area contributed by atoms with Crippen LogP contribution in [-0.2, 0) is 9.84 Å². The second-order valence-corrected chi connectivity index (χ2v) is 9.13. The van der Waals surface area contributed by atoms with Crippen LogP contribution in [0.15, 0.2) is 18.2 Å². The molecule has 0 aliphatic carbocycles. The van der Waals surface area contributed by atoms with E-state index in [4.69, 9.17) is 11.6 Å². The summed E-state index contributed by atoms with van der Waals surface area (Å²) in [4.78, 5) is 0. The molecule has 1 saturated heterocycles. The van der Waals surface area contributed by atoms with Crippen LogP contribution in [0.3, 0.4) is 0 Å². The second-order valence-electron chi connectivity index (χ2n) is 6.39. The van der Waals surface area contributed by atoms with Crippen molar-refractivity contribution in [3.05, 3.63) is 34.6 Å². The topological polar surface area (TPSA) is 46.2 Å². The SMILES string of the molecule is CC(C)[C@H](NCC1CCS(=O)(=O)CC1)c1ccc(Cl)cc1F. The number of halogens is 2. The number of rotatable bonds is 5. The van der Waals surface area contributed by atoms with Crippen molar-refractivity contribution in [3.8, 4) is 0 Å². The third-order valence-corrected chi connectivity index (χ3v) is 6.22. The molecule has 2 rings (SSSR count). The van der Waals surface area contributed by atoms with Gasteiger partial charge in [0.1, 0.15) is 15.7 Å². The first-order valence-corrected chi connectivity index (χ1v) is 9.87. The van der Waals surface area contributed by atoms with Gasteiger partial charge in [-0.15, -0.1) is 0 Å². The number of nitrogens with one attached hydrogen (secondary N) is 1. The molecule has 0 amide bonds. The molecular weight excluding hydrogens is 325 g/mol. The second kappa shape index (κ2) is 7.28. The fourth-order valence-electron chi connectivity index (χ4n) is 2.90. The Kier molecular flexibility index (Phi) is 5.86. The van der Waals surface area contributed by atoms with Gasteiger partial charge in [-0.1, -0.05) is 31.5 Å². The van der Waals surface area contributed by atoms with Gasteiger partial charge in [-0.2, -0.15) is 0 Å². The number of hydrogen-bond donors (Lipinski definition) is 1. The Balaban J connectivity index is 2.01. The molecule has 6 heteroatoms. The molecular formula is C16H23ClFNO2S. The van der Waals surface area contributed by atoms with E-state index in [1.807, 2.05) is 13.8 Å². The Morgan fingerprint density at radius 2 is 1.95 bits per heavy atom. The van der Waals surface area contributed by atoms with Crippen molar-refractivity contribution in [2.75, 3.05) is 18.1 Å². The van der Waals surface area contributed by atoms with Gasteiger partial charge in [0.2, 0.25) is 0 Å². The summed E-state index contributed by atoms with van der Waals surface area (Å²) in [5, 5.41) is 3.80. The minimum Gasteiger partial charge on any atom is -0.309 e. The Morgan fingerprint density at radius 3 is 2.50 bits per heavy atom. The summed E-state index contributed by atoms with van der Waals surface area (Å²) in [5.41, 5.74) is 0.614. The summed E-state index contributed by atoms with van der Waals surface area (Å²) in [6.07, 6.45) is 1.37. The minimum atomic E-state index is -2.84. The molecule has 1 aliphatic rings. The highest BCUT2D eigenvalue weighted by Gasteiger charge is 2.25. The molecule has 0 bridgehead atoms. The molecule has 1 atom stereocenters. The average molecular weight is 348 g/mol. The van der Waals surface area contributed by atoms with E-state index in [0.29, 0.717) is 35.9 Å². The molecule has 22 heavy (non-hydrogen) atoms. The Labute approximate surface area is 137 Å². The highest BCUT2D eigenvalue weighted by atomic mass is 35.5. The van der Waals surface area contributed by atoms with Gasteiger partial charge in [0, 0.05) is 16.6 Å². The summed E-state index contributed by atoms with van der Waals surface area (Å²) < 4.78 is 37.0. The van der Waals surface area contributed by atoms with Gasteiger partial charge in [0.25, 0.3) is 0 Å². The number of benzene rings is 1. The first-order chi connectivity index (χ1) is 10.3. The van der Waals surface area contributed by atoms with Crippen LogP contribution in [0, 0.1) is 17.7 Å². The maximum absolute atomic E-state index is 14.1. The van der Waals surface area contributed by atoms with Crippen LogP contribution in [0.5, 0.6) is 0 Å². The van der Waals surface area contributed by atoms with E-state index in [9.17, 15) is 12.8 Å². The first-order valence-electron chi connectivity index (χ1n) is 7.67. The normalized spacial score (nSPS) is 20.2. The maximum Gasteiger partial charge on any atom is 0.150 e. The minimum absolute atomic E-state index is 0.101. The molecule has 1 aromatic carbocycles. The van der Waals surface area contributed by atoms with Gasteiger partial charge in [-0.3, -0.25) is 0 Å². The third kappa shape index (κ3) is 4.67. The van der Waals surface area contributed by atoms with Gasteiger partial charge in [-0.05, 0) is 43.4 Å². The van der Waals surface area contributed by atoms with Crippen molar-refractivity contribution >= 4 is 21.4 Å². The standard InChI is InChI=1S/C16H23ClFNO2S/c1-11(2)16(14-4-3-13(17)9-15(14)18)19-10-12-5-7-22(20,21)8-6-12/h3-4,9,11-12,16,19H,5-8,10H2,1-2H3/t16-/m0/s1. The van der Waals surface area contributed by atoms with E-state index >= 15 is 0 Å². The fraction of sp³-hybridized carbons (Fsp3) is 0.625. The Bertz CT molecular complexity index is 605. The zero-order valence-electron chi connectivity index (χ0n) is 13.0. The van der Waals surface area contributed by atoms with Gasteiger partial charge in [0.15, 0.2) is 0 Å².